The lowest BCUT2D eigenvalue weighted by molar-refractivity contribution is 0.602. The van der Waals surface area contributed by atoms with Crippen LogP contribution < -0.4 is 0 Å². The molecule has 0 unspecified atom stereocenters. The van der Waals surface area contributed by atoms with Crippen LogP contribution in [0.15, 0.2) is 17.0 Å². The summed E-state index contributed by atoms with van der Waals surface area (Å²) in [6, 6.07) is 2.70. The molecule has 0 aliphatic carbocycles. The minimum atomic E-state index is -3.28. The van der Waals surface area contributed by atoms with Crippen LogP contribution in [0.1, 0.15) is 5.56 Å². The van der Waals surface area contributed by atoms with Crippen molar-refractivity contribution in [1.82, 2.24) is 0 Å². The van der Waals surface area contributed by atoms with E-state index in [0.717, 1.165) is 6.26 Å². The molecule has 0 saturated carbocycles. The average molecular weight is 274 g/mol. The number of halogens is 3. The van der Waals surface area contributed by atoms with Crippen LogP contribution in [-0.4, -0.2) is 14.7 Å². The molecular formula is C8H7Cl3O2S. The van der Waals surface area contributed by atoms with Gasteiger partial charge in [0.05, 0.1) is 10.8 Å². The summed E-state index contributed by atoms with van der Waals surface area (Å²) in [6.07, 6.45) is 1.09. The third-order valence-corrected chi connectivity index (χ3v) is 3.71. The molecule has 0 spiro atoms. The lowest BCUT2D eigenvalue weighted by atomic mass is 10.2. The van der Waals surface area contributed by atoms with Crippen LogP contribution in [0.4, 0.5) is 0 Å². The minimum absolute atomic E-state index is 0.0985. The summed E-state index contributed by atoms with van der Waals surface area (Å²) in [5, 5.41) is 0.542. The van der Waals surface area contributed by atoms with Crippen molar-refractivity contribution in [2.45, 2.75) is 10.8 Å². The molecule has 0 aromatic heterocycles. The number of hydrogen-bond donors (Lipinski definition) is 0. The van der Waals surface area contributed by atoms with Crippen LogP contribution in [-0.2, 0) is 15.7 Å². The molecular weight excluding hydrogens is 267 g/mol. The first-order chi connectivity index (χ1) is 6.36. The van der Waals surface area contributed by atoms with Crippen LogP contribution in [0.25, 0.3) is 0 Å². The Kier molecular flexibility index (Phi) is 3.69. The third kappa shape index (κ3) is 2.54. The van der Waals surface area contributed by atoms with Gasteiger partial charge in [-0.1, -0.05) is 23.2 Å². The highest BCUT2D eigenvalue weighted by atomic mass is 35.5. The molecule has 78 valence electrons. The molecule has 0 radical (unpaired) electrons. The zero-order valence-corrected chi connectivity index (χ0v) is 10.3. The summed E-state index contributed by atoms with van der Waals surface area (Å²) in [7, 11) is -3.28. The molecule has 0 fully saturated rings. The fourth-order valence-electron chi connectivity index (χ4n) is 0.922. The van der Waals surface area contributed by atoms with E-state index in [2.05, 4.69) is 0 Å². The van der Waals surface area contributed by atoms with Crippen molar-refractivity contribution in [3.63, 3.8) is 0 Å². The molecule has 1 rings (SSSR count). The standard InChI is InChI=1S/C8H7Cl3O2S/c1-14(12,13)5-2-7(10)6(4-9)8(11)3-5/h2-3H,4H2,1H3. The fraction of sp³-hybridized carbons (Fsp3) is 0.250. The summed E-state index contributed by atoms with van der Waals surface area (Å²) in [5.74, 6) is 0.154. The summed E-state index contributed by atoms with van der Waals surface area (Å²) >= 11 is 17.2. The van der Waals surface area contributed by atoms with Crippen molar-refractivity contribution in [3.8, 4) is 0 Å². The number of rotatable bonds is 2. The molecule has 0 bridgehead atoms. The zero-order valence-electron chi connectivity index (χ0n) is 7.22. The van der Waals surface area contributed by atoms with Crippen molar-refractivity contribution < 1.29 is 8.42 Å². The lowest BCUT2D eigenvalue weighted by Gasteiger charge is -2.05. The minimum Gasteiger partial charge on any atom is -0.224 e. The Morgan fingerprint density at radius 1 is 1.21 bits per heavy atom. The normalized spacial score (nSPS) is 11.7. The first-order valence-electron chi connectivity index (χ1n) is 3.60. The molecule has 0 saturated heterocycles. The molecule has 2 nitrogen and oxygen atoms in total. The molecule has 0 N–H and O–H groups in total. The predicted molar refractivity (Wildman–Crippen MR) is 59.1 cm³/mol. The number of benzene rings is 1. The maximum atomic E-state index is 11.2. The molecule has 1 aromatic rings. The maximum Gasteiger partial charge on any atom is 0.175 e. The van der Waals surface area contributed by atoms with Crippen LogP contribution in [0.5, 0.6) is 0 Å². The van der Waals surface area contributed by atoms with Gasteiger partial charge in [0.15, 0.2) is 9.84 Å². The summed E-state index contributed by atoms with van der Waals surface area (Å²) < 4.78 is 22.4. The molecule has 6 heteroatoms. The molecule has 0 heterocycles. The van der Waals surface area contributed by atoms with E-state index >= 15 is 0 Å². The lowest BCUT2D eigenvalue weighted by Crippen LogP contribution is -1.98. The van der Waals surface area contributed by atoms with Crippen molar-refractivity contribution in [2.24, 2.45) is 0 Å². The molecule has 0 atom stereocenters. The number of sulfone groups is 1. The van der Waals surface area contributed by atoms with E-state index in [-0.39, 0.29) is 20.8 Å². The van der Waals surface area contributed by atoms with E-state index in [0.29, 0.717) is 5.56 Å². The molecule has 0 aliphatic rings. The van der Waals surface area contributed by atoms with Crippen molar-refractivity contribution in [1.29, 1.82) is 0 Å². The summed E-state index contributed by atoms with van der Waals surface area (Å²) in [4.78, 5) is 0.0985. The largest absolute Gasteiger partial charge is 0.224 e. The fourth-order valence-corrected chi connectivity index (χ4v) is 2.76. The Labute approximate surface area is 97.7 Å². The maximum absolute atomic E-state index is 11.2. The van der Waals surface area contributed by atoms with Gasteiger partial charge in [0.2, 0.25) is 0 Å². The highest BCUT2D eigenvalue weighted by Crippen LogP contribution is 2.29. The van der Waals surface area contributed by atoms with Gasteiger partial charge in [-0.15, -0.1) is 11.6 Å². The first kappa shape index (κ1) is 12.1. The van der Waals surface area contributed by atoms with Crippen molar-refractivity contribution in [2.75, 3.05) is 6.26 Å². The van der Waals surface area contributed by atoms with Gasteiger partial charge >= 0.3 is 0 Å². The van der Waals surface area contributed by atoms with E-state index in [1.807, 2.05) is 0 Å². The monoisotopic (exact) mass is 272 g/mol. The topological polar surface area (TPSA) is 34.1 Å². The zero-order chi connectivity index (χ0) is 10.9. The second-order valence-corrected chi connectivity index (χ2v) is 5.87. The molecule has 0 amide bonds. The average Bonchev–Trinajstić information content (AvgIpc) is 2.01. The van der Waals surface area contributed by atoms with Crippen LogP contribution in [0.3, 0.4) is 0 Å². The highest BCUT2D eigenvalue weighted by Gasteiger charge is 2.13. The Morgan fingerprint density at radius 3 is 1.93 bits per heavy atom. The molecule has 14 heavy (non-hydrogen) atoms. The van der Waals surface area contributed by atoms with Gasteiger partial charge in [-0.3, -0.25) is 0 Å². The SMILES string of the molecule is CS(=O)(=O)c1cc(Cl)c(CCl)c(Cl)c1. The molecule has 0 aliphatic heterocycles. The van der Waals surface area contributed by atoms with Crippen LogP contribution in [0.2, 0.25) is 10.0 Å². The number of alkyl halides is 1. The smallest absolute Gasteiger partial charge is 0.175 e. The van der Waals surface area contributed by atoms with E-state index < -0.39 is 9.84 Å². The van der Waals surface area contributed by atoms with Crippen LogP contribution >= 0.6 is 34.8 Å². The summed E-state index contributed by atoms with van der Waals surface area (Å²) in [6.45, 7) is 0. The van der Waals surface area contributed by atoms with Gasteiger partial charge < -0.3 is 0 Å². The Bertz CT molecular complexity index is 431. The van der Waals surface area contributed by atoms with E-state index in [1.165, 1.54) is 12.1 Å². The second kappa shape index (κ2) is 4.27. The third-order valence-electron chi connectivity index (χ3n) is 1.68. The van der Waals surface area contributed by atoms with E-state index in [4.69, 9.17) is 34.8 Å². The Hall–Kier alpha value is 0.0400. The molecule has 1 aromatic carbocycles. The van der Waals surface area contributed by atoms with Crippen LogP contribution in [0, 0.1) is 0 Å². The predicted octanol–water partition coefficient (Wildman–Crippen LogP) is 3.14. The second-order valence-electron chi connectivity index (χ2n) is 2.77. The first-order valence-corrected chi connectivity index (χ1v) is 6.78. The van der Waals surface area contributed by atoms with Gasteiger partial charge in [0, 0.05) is 21.9 Å². The van der Waals surface area contributed by atoms with E-state index in [1.54, 1.807) is 0 Å². The quantitative estimate of drug-likeness (QED) is 0.776. The highest BCUT2D eigenvalue weighted by molar-refractivity contribution is 7.90. The van der Waals surface area contributed by atoms with Gasteiger partial charge in [-0.25, -0.2) is 8.42 Å². The van der Waals surface area contributed by atoms with Crippen molar-refractivity contribution >= 4 is 44.6 Å². The summed E-state index contributed by atoms with van der Waals surface area (Å²) in [5.41, 5.74) is 0.544. The van der Waals surface area contributed by atoms with Gasteiger partial charge in [-0.2, -0.15) is 0 Å². The number of hydrogen-bond acceptors (Lipinski definition) is 2. The Balaban J connectivity index is 3.43. The Morgan fingerprint density at radius 2 is 1.64 bits per heavy atom. The van der Waals surface area contributed by atoms with Crippen molar-refractivity contribution in [3.05, 3.63) is 27.7 Å². The van der Waals surface area contributed by atoms with Gasteiger partial charge in [-0.05, 0) is 12.1 Å². The van der Waals surface area contributed by atoms with Gasteiger partial charge in [0.25, 0.3) is 0 Å². The van der Waals surface area contributed by atoms with E-state index in [9.17, 15) is 8.42 Å². The van der Waals surface area contributed by atoms with Gasteiger partial charge in [0.1, 0.15) is 0 Å².